The molecule has 0 aliphatic rings. The lowest BCUT2D eigenvalue weighted by Gasteiger charge is -2.11. The van der Waals surface area contributed by atoms with Gasteiger partial charge in [0.05, 0.1) is 21.9 Å². The second-order valence-corrected chi connectivity index (χ2v) is 9.86. The predicted octanol–water partition coefficient (Wildman–Crippen LogP) is 5.51. The van der Waals surface area contributed by atoms with Crippen LogP contribution in [0.2, 0.25) is 5.02 Å². The molecule has 7 nitrogen and oxygen atoms in total. The number of carbonyl (C=O) groups is 2. The Labute approximate surface area is 201 Å². The van der Waals surface area contributed by atoms with Gasteiger partial charge in [0.15, 0.2) is 15.6 Å². The van der Waals surface area contributed by atoms with Gasteiger partial charge in [0, 0.05) is 23.1 Å². The van der Waals surface area contributed by atoms with Crippen LogP contribution in [-0.2, 0) is 9.84 Å². The van der Waals surface area contributed by atoms with Crippen LogP contribution in [-0.4, -0.2) is 26.5 Å². The maximum absolute atomic E-state index is 12.8. The Morgan fingerprint density at radius 1 is 0.853 bits per heavy atom. The molecule has 3 aromatic carbocycles. The maximum atomic E-state index is 12.8. The Morgan fingerprint density at radius 2 is 1.62 bits per heavy atom. The summed E-state index contributed by atoms with van der Waals surface area (Å²) in [7, 11) is -3.45. The fourth-order valence-electron chi connectivity index (χ4n) is 3.27. The van der Waals surface area contributed by atoms with Crippen molar-refractivity contribution >= 4 is 44.6 Å². The van der Waals surface area contributed by atoms with Gasteiger partial charge in [-0.1, -0.05) is 48.0 Å². The largest absolute Gasteiger partial charge is 0.459 e. The van der Waals surface area contributed by atoms with E-state index in [1.54, 1.807) is 12.1 Å². The summed E-state index contributed by atoms with van der Waals surface area (Å²) in [5.41, 5.74) is 2.38. The van der Waals surface area contributed by atoms with E-state index in [2.05, 4.69) is 10.6 Å². The van der Waals surface area contributed by atoms with Crippen molar-refractivity contribution in [3.05, 3.63) is 101 Å². The van der Waals surface area contributed by atoms with Crippen LogP contribution in [0, 0.1) is 0 Å². The normalized spacial score (nSPS) is 11.1. The molecule has 4 aromatic rings. The van der Waals surface area contributed by atoms with E-state index in [1.807, 2.05) is 30.3 Å². The summed E-state index contributed by atoms with van der Waals surface area (Å²) >= 11 is 6.31. The smallest absolute Gasteiger partial charge is 0.292 e. The van der Waals surface area contributed by atoms with E-state index in [0.717, 1.165) is 11.8 Å². The molecule has 0 fully saturated rings. The van der Waals surface area contributed by atoms with E-state index in [-0.39, 0.29) is 21.2 Å². The Kier molecular flexibility index (Phi) is 6.54. The van der Waals surface area contributed by atoms with Crippen LogP contribution in [0.1, 0.15) is 20.9 Å². The summed E-state index contributed by atoms with van der Waals surface area (Å²) in [4.78, 5) is 25.4. The van der Waals surface area contributed by atoms with Crippen LogP contribution in [0.5, 0.6) is 0 Å². The Hall–Kier alpha value is -3.88. The number of hydrogen-bond acceptors (Lipinski definition) is 5. The number of furan rings is 1. The molecule has 34 heavy (non-hydrogen) atoms. The molecule has 0 spiro atoms. The minimum absolute atomic E-state index is 0.0390. The van der Waals surface area contributed by atoms with Gasteiger partial charge in [0.1, 0.15) is 0 Å². The van der Waals surface area contributed by atoms with Gasteiger partial charge in [-0.25, -0.2) is 8.42 Å². The Morgan fingerprint density at radius 3 is 2.32 bits per heavy atom. The van der Waals surface area contributed by atoms with Crippen molar-refractivity contribution in [1.82, 2.24) is 0 Å². The monoisotopic (exact) mass is 494 g/mol. The molecule has 0 atom stereocenters. The number of hydrogen-bond donors (Lipinski definition) is 2. The minimum Gasteiger partial charge on any atom is -0.459 e. The van der Waals surface area contributed by atoms with E-state index < -0.39 is 21.7 Å². The number of benzene rings is 3. The summed E-state index contributed by atoms with van der Waals surface area (Å²) in [6.07, 6.45) is 2.51. The molecule has 0 unspecified atom stereocenters. The molecule has 172 valence electrons. The molecule has 1 aromatic heterocycles. The van der Waals surface area contributed by atoms with Crippen LogP contribution in [0.4, 0.5) is 11.4 Å². The number of halogens is 1. The van der Waals surface area contributed by atoms with Gasteiger partial charge in [-0.05, 0) is 48.0 Å². The topological polar surface area (TPSA) is 105 Å². The van der Waals surface area contributed by atoms with E-state index in [9.17, 15) is 18.0 Å². The summed E-state index contributed by atoms with van der Waals surface area (Å²) in [6.45, 7) is 0. The number of amides is 2. The lowest BCUT2D eigenvalue weighted by atomic mass is 10.1. The number of rotatable bonds is 6. The van der Waals surface area contributed by atoms with Crippen LogP contribution in [0.25, 0.3) is 11.1 Å². The fraction of sp³-hybridized carbons (Fsp3) is 0.0400. The maximum Gasteiger partial charge on any atom is 0.292 e. The SMILES string of the molecule is CS(=O)(=O)c1cccc(C(=O)Nc2ccc(NC(=O)c3occc3-c3ccccc3)cc2Cl)c1. The molecule has 0 saturated carbocycles. The molecular formula is C25H19ClN2O5S. The van der Waals surface area contributed by atoms with Gasteiger partial charge in [0.2, 0.25) is 0 Å². The van der Waals surface area contributed by atoms with Crippen molar-refractivity contribution < 1.29 is 22.4 Å². The van der Waals surface area contributed by atoms with Crippen molar-refractivity contribution in [3.8, 4) is 11.1 Å². The van der Waals surface area contributed by atoms with Gasteiger partial charge in [0.25, 0.3) is 11.8 Å². The average molecular weight is 495 g/mol. The van der Waals surface area contributed by atoms with E-state index in [4.69, 9.17) is 16.0 Å². The second-order valence-electron chi connectivity index (χ2n) is 7.43. The molecule has 0 saturated heterocycles. The highest BCUT2D eigenvalue weighted by atomic mass is 35.5. The third-order valence-corrected chi connectivity index (χ3v) is 6.38. The van der Waals surface area contributed by atoms with Gasteiger partial charge in [-0.15, -0.1) is 0 Å². The van der Waals surface area contributed by atoms with Gasteiger partial charge in [-0.2, -0.15) is 0 Å². The van der Waals surface area contributed by atoms with Gasteiger partial charge < -0.3 is 15.1 Å². The molecular weight excluding hydrogens is 476 g/mol. The standard InChI is InChI=1S/C25H19ClN2O5S/c1-34(31,32)19-9-5-8-17(14-19)24(29)28-22-11-10-18(15-21(22)26)27-25(30)23-20(12-13-33-23)16-6-3-2-4-7-16/h2-15H,1H3,(H,27,30)(H,28,29). The average Bonchev–Trinajstić information content (AvgIpc) is 3.31. The lowest BCUT2D eigenvalue weighted by molar-refractivity contribution is 0.0995. The molecule has 0 aliphatic heterocycles. The molecule has 1 heterocycles. The quantitative estimate of drug-likeness (QED) is 0.367. The molecule has 0 bridgehead atoms. The summed E-state index contributed by atoms with van der Waals surface area (Å²) in [5.74, 6) is -0.813. The number of nitrogens with one attached hydrogen (secondary N) is 2. The van der Waals surface area contributed by atoms with Crippen molar-refractivity contribution in [2.24, 2.45) is 0 Å². The van der Waals surface area contributed by atoms with Crippen molar-refractivity contribution in [2.45, 2.75) is 4.90 Å². The van der Waals surface area contributed by atoms with E-state index in [1.165, 1.54) is 42.7 Å². The molecule has 0 radical (unpaired) electrons. The zero-order valence-corrected chi connectivity index (χ0v) is 19.5. The molecule has 2 amide bonds. The lowest BCUT2D eigenvalue weighted by Crippen LogP contribution is -2.14. The highest BCUT2D eigenvalue weighted by Crippen LogP contribution is 2.29. The molecule has 0 aliphatic carbocycles. The highest BCUT2D eigenvalue weighted by molar-refractivity contribution is 7.90. The van der Waals surface area contributed by atoms with E-state index in [0.29, 0.717) is 16.9 Å². The van der Waals surface area contributed by atoms with E-state index >= 15 is 0 Å². The van der Waals surface area contributed by atoms with Gasteiger partial charge in [-0.3, -0.25) is 9.59 Å². The first-order valence-electron chi connectivity index (χ1n) is 10.1. The Bertz CT molecular complexity index is 1480. The predicted molar refractivity (Wildman–Crippen MR) is 131 cm³/mol. The number of anilines is 2. The molecule has 2 N–H and O–H groups in total. The second kappa shape index (κ2) is 9.54. The summed E-state index contributed by atoms with van der Waals surface area (Å²) < 4.78 is 28.9. The van der Waals surface area contributed by atoms with Crippen molar-refractivity contribution in [3.63, 3.8) is 0 Å². The van der Waals surface area contributed by atoms with Crippen LogP contribution < -0.4 is 10.6 Å². The first-order chi connectivity index (χ1) is 16.2. The zero-order chi connectivity index (χ0) is 24.3. The first-order valence-corrected chi connectivity index (χ1v) is 12.3. The van der Waals surface area contributed by atoms with Crippen LogP contribution in [0.15, 0.2) is 94.4 Å². The number of carbonyl (C=O) groups excluding carboxylic acids is 2. The highest BCUT2D eigenvalue weighted by Gasteiger charge is 2.18. The fourth-order valence-corrected chi connectivity index (χ4v) is 4.17. The zero-order valence-electron chi connectivity index (χ0n) is 17.9. The van der Waals surface area contributed by atoms with Crippen LogP contribution >= 0.6 is 11.6 Å². The van der Waals surface area contributed by atoms with Crippen molar-refractivity contribution in [1.29, 1.82) is 0 Å². The molecule has 9 heteroatoms. The van der Waals surface area contributed by atoms with Crippen molar-refractivity contribution in [2.75, 3.05) is 16.9 Å². The third-order valence-electron chi connectivity index (χ3n) is 4.96. The molecule has 4 rings (SSSR count). The van der Waals surface area contributed by atoms with Crippen LogP contribution in [0.3, 0.4) is 0 Å². The minimum atomic E-state index is -3.45. The number of sulfone groups is 1. The van der Waals surface area contributed by atoms with Gasteiger partial charge >= 0.3 is 0 Å². The first kappa shape index (κ1) is 23.3. The summed E-state index contributed by atoms with van der Waals surface area (Å²) in [6, 6.07) is 21.4. The Balaban J connectivity index is 1.49. The summed E-state index contributed by atoms with van der Waals surface area (Å²) in [5, 5.41) is 5.57. The third kappa shape index (κ3) is 5.19.